The van der Waals surface area contributed by atoms with Crippen molar-refractivity contribution in [3.05, 3.63) is 66.2 Å². The summed E-state index contributed by atoms with van der Waals surface area (Å²) in [5, 5.41) is 0. The third kappa shape index (κ3) is 1.91. The number of rotatable bonds is 2. The number of hydrogen-bond acceptors (Lipinski definition) is 3. The number of carbonyl (C=O) groups excluding carboxylic acids is 3. The van der Waals surface area contributed by atoms with Crippen LogP contribution in [0.1, 0.15) is 11.6 Å². The molecule has 2 heterocycles. The molecule has 2 aliphatic rings. The number of benzene rings is 2. The highest BCUT2D eigenvalue weighted by Gasteiger charge is 2.61. The van der Waals surface area contributed by atoms with E-state index in [4.69, 9.17) is 0 Å². The highest BCUT2D eigenvalue weighted by atomic mass is 16.2. The average molecular weight is 320 g/mol. The molecule has 0 aliphatic carbocycles. The second kappa shape index (κ2) is 5.30. The molecule has 0 radical (unpaired) electrons. The lowest BCUT2D eigenvalue weighted by molar-refractivity contribution is -0.135. The smallest absolute Gasteiger partial charge is 0.247 e. The van der Waals surface area contributed by atoms with Crippen molar-refractivity contribution in [3.8, 4) is 0 Å². The van der Waals surface area contributed by atoms with Crippen molar-refractivity contribution in [2.45, 2.75) is 6.04 Å². The molecular weight excluding hydrogens is 304 g/mol. The molecule has 5 nitrogen and oxygen atoms in total. The number of carbonyl (C=O) groups is 3. The van der Waals surface area contributed by atoms with Gasteiger partial charge in [-0.05, 0) is 17.7 Å². The third-order valence-corrected chi connectivity index (χ3v) is 4.88. The largest absolute Gasteiger partial charge is 0.337 e. The summed E-state index contributed by atoms with van der Waals surface area (Å²) < 4.78 is 0. The SMILES string of the molecule is CN1C(=O)[C@@H]2C(=O)N(c3ccccc3)C(=O)[C@@H]2[C@H]1c1ccccc1. The molecular formula is C19H16N2O3. The molecule has 0 bridgehead atoms. The summed E-state index contributed by atoms with van der Waals surface area (Å²) in [6, 6.07) is 17.8. The Morgan fingerprint density at radius 1 is 0.750 bits per heavy atom. The number of amides is 3. The van der Waals surface area contributed by atoms with Gasteiger partial charge in [-0.15, -0.1) is 0 Å². The quantitative estimate of drug-likeness (QED) is 0.628. The van der Waals surface area contributed by atoms with Crippen LogP contribution in [0.25, 0.3) is 0 Å². The molecule has 120 valence electrons. The Morgan fingerprint density at radius 3 is 1.96 bits per heavy atom. The average Bonchev–Trinajstić information content (AvgIpc) is 3.02. The van der Waals surface area contributed by atoms with Crippen molar-refractivity contribution in [2.24, 2.45) is 11.8 Å². The fraction of sp³-hybridized carbons (Fsp3) is 0.211. The van der Waals surface area contributed by atoms with E-state index in [1.165, 1.54) is 4.90 Å². The highest BCUT2D eigenvalue weighted by molar-refractivity contribution is 6.29. The van der Waals surface area contributed by atoms with Crippen LogP contribution in [-0.4, -0.2) is 29.7 Å². The van der Waals surface area contributed by atoms with E-state index in [1.807, 2.05) is 36.4 Å². The predicted molar refractivity (Wildman–Crippen MR) is 87.9 cm³/mol. The van der Waals surface area contributed by atoms with Crippen molar-refractivity contribution in [2.75, 3.05) is 11.9 Å². The zero-order valence-corrected chi connectivity index (χ0v) is 13.1. The lowest BCUT2D eigenvalue weighted by atomic mass is 9.88. The Kier molecular flexibility index (Phi) is 3.23. The molecule has 2 aromatic rings. The first-order valence-electron chi connectivity index (χ1n) is 7.85. The van der Waals surface area contributed by atoms with Gasteiger partial charge < -0.3 is 4.90 Å². The zero-order valence-electron chi connectivity index (χ0n) is 13.1. The van der Waals surface area contributed by atoms with Crippen LogP contribution in [0.15, 0.2) is 60.7 Å². The molecule has 0 saturated carbocycles. The van der Waals surface area contributed by atoms with Crippen molar-refractivity contribution < 1.29 is 14.4 Å². The second-order valence-electron chi connectivity index (χ2n) is 6.16. The Bertz CT molecular complexity index is 819. The number of imide groups is 1. The molecule has 2 aromatic carbocycles. The predicted octanol–water partition coefficient (Wildman–Crippen LogP) is 2.01. The lowest BCUT2D eigenvalue weighted by Crippen LogP contribution is -2.38. The molecule has 0 spiro atoms. The zero-order chi connectivity index (χ0) is 16.8. The van der Waals surface area contributed by atoms with E-state index < -0.39 is 23.8 Å². The van der Waals surface area contributed by atoms with Gasteiger partial charge in [0.1, 0.15) is 5.92 Å². The summed E-state index contributed by atoms with van der Waals surface area (Å²) in [4.78, 5) is 41.1. The van der Waals surface area contributed by atoms with Crippen LogP contribution in [0.3, 0.4) is 0 Å². The molecule has 3 amide bonds. The standard InChI is InChI=1S/C19H16N2O3/c1-20-16(12-8-4-2-5-9-12)14-15(17(20)22)19(24)21(18(14)23)13-10-6-3-7-11-13/h2-11,14-16H,1H3/t14-,15+,16+/m0/s1. The molecule has 3 atom stereocenters. The second-order valence-corrected chi connectivity index (χ2v) is 6.16. The lowest BCUT2D eigenvalue weighted by Gasteiger charge is -2.25. The molecule has 0 N–H and O–H groups in total. The van der Waals surface area contributed by atoms with Gasteiger partial charge in [0, 0.05) is 7.05 Å². The van der Waals surface area contributed by atoms with Gasteiger partial charge in [0.2, 0.25) is 17.7 Å². The van der Waals surface area contributed by atoms with E-state index >= 15 is 0 Å². The van der Waals surface area contributed by atoms with Crippen LogP contribution < -0.4 is 4.90 Å². The summed E-state index contributed by atoms with van der Waals surface area (Å²) >= 11 is 0. The van der Waals surface area contributed by atoms with Gasteiger partial charge in [0.15, 0.2) is 0 Å². The van der Waals surface area contributed by atoms with Gasteiger partial charge >= 0.3 is 0 Å². The van der Waals surface area contributed by atoms with E-state index in [9.17, 15) is 14.4 Å². The first-order chi connectivity index (χ1) is 11.6. The summed E-state index contributed by atoms with van der Waals surface area (Å²) in [6.45, 7) is 0. The number of nitrogens with zero attached hydrogens (tertiary/aromatic N) is 2. The molecule has 0 unspecified atom stereocenters. The first kappa shape index (κ1) is 14.6. The molecule has 2 fully saturated rings. The van der Waals surface area contributed by atoms with Crippen molar-refractivity contribution in [3.63, 3.8) is 0 Å². The number of hydrogen-bond donors (Lipinski definition) is 0. The van der Waals surface area contributed by atoms with Gasteiger partial charge in [0.25, 0.3) is 0 Å². The van der Waals surface area contributed by atoms with E-state index in [0.717, 1.165) is 10.5 Å². The van der Waals surface area contributed by atoms with Crippen molar-refractivity contribution >= 4 is 23.4 Å². The minimum Gasteiger partial charge on any atom is -0.337 e. The Labute approximate surface area is 139 Å². The van der Waals surface area contributed by atoms with Gasteiger partial charge in [-0.3, -0.25) is 14.4 Å². The van der Waals surface area contributed by atoms with Crippen molar-refractivity contribution in [1.29, 1.82) is 0 Å². The number of likely N-dealkylation sites (tertiary alicyclic amines) is 1. The summed E-state index contributed by atoms with van der Waals surface area (Å²) in [7, 11) is 1.66. The van der Waals surface area contributed by atoms with Gasteiger partial charge in [0.05, 0.1) is 17.6 Å². The van der Waals surface area contributed by atoms with Crippen LogP contribution in [0.2, 0.25) is 0 Å². The van der Waals surface area contributed by atoms with Crippen LogP contribution >= 0.6 is 0 Å². The van der Waals surface area contributed by atoms with E-state index in [2.05, 4.69) is 0 Å². The fourth-order valence-corrected chi connectivity index (χ4v) is 3.78. The number of fused-ring (bicyclic) bond motifs is 1. The Morgan fingerprint density at radius 2 is 1.33 bits per heavy atom. The van der Waals surface area contributed by atoms with Crippen molar-refractivity contribution in [1.82, 2.24) is 4.90 Å². The normalized spacial score (nSPS) is 26.2. The number of para-hydroxylation sites is 1. The number of anilines is 1. The maximum atomic E-state index is 13.0. The maximum absolute atomic E-state index is 13.0. The molecule has 2 saturated heterocycles. The Hall–Kier alpha value is -2.95. The minimum atomic E-state index is -0.923. The first-order valence-corrected chi connectivity index (χ1v) is 7.85. The monoisotopic (exact) mass is 320 g/mol. The molecule has 0 aromatic heterocycles. The van der Waals surface area contributed by atoms with Crippen LogP contribution in [-0.2, 0) is 14.4 Å². The summed E-state index contributed by atoms with van der Waals surface area (Å²) in [5.41, 5.74) is 1.39. The van der Waals surface area contributed by atoms with E-state index in [-0.39, 0.29) is 11.8 Å². The minimum absolute atomic E-state index is 0.286. The van der Waals surface area contributed by atoms with Gasteiger partial charge in [-0.1, -0.05) is 48.5 Å². The topological polar surface area (TPSA) is 57.7 Å². The van der Waals surface area contributed by atoms with Crippen LogP contribution in [0.5, 0.6) is 0 Å². The summed E-state index contributed by atoms with van der Waals surface area (Å²) in [5.74, 6) is -2.61. The third-order valence-electron chi connectivity index (χ3n) is 4.88. The van der Waals surface area contributed by atoms with E-state index in [1.54, 1.807) is 31.3 Å². The van der Waals surface area contributed by atoms with E-state index in [0.29, 0.717) is 5.69 Å². The van der Waals surface area contributed by atoms with Crippen LogP contribution in [0.4, 0.5) is 5.69 Å². The molecule has 4 rings (SSSR count). The van der Waals surface area contributed by atoms with Crippen LogP contribution in [0, 0.1) is 11.8 Å². The molecule has 24 heavy (non-hydrogen) atoms. The molecule has 2 aliphatic heterocycles. The Balaban J connectivity index is 1.79. The van der Waals surface area contributed by atoms with Gasteiger partial charge in [-0.25, -0.2) is 4.90 Å². The molecule has 5 heteroatoms. The summed E-state index contributed by atoms with van der Waals surface area (Å²) in [6.07, 6.45) is 0. The van der Waals surface area contributed by atoms with Gasteiger partial charge in [-0.2, -0.15) is 0 Å². The maximum Gasteiger partial charge on any atom is 0.247 e. The fourth-order valence-electron chi connectivity index (χ4n) is 3.78. The highest BCUT2D eigenvalue weighted by Crippen LogP contribution is 2.47.